The topological polar surface area (TPSA) is 110 Å². The second kappa shape index (κ2) is 9.31. The molecule has 0 aliphatic heterocycles. The summed E-state index contributed by atoms with van der Waals surface area (Å²) in [5.41, 5.74) is 2.45. The molecule has 5 aromatic rings. The Morgan fingerprint density at radius 1 is 1.00 bits per heavy atom. The van der Waals surface area contributed by atoms with E-state index < -0.39 is 15.9 Å². The van der Waals surface area contributed by atoms with Gasteiger partial charge in [0.2, 0.25) is 0 Å². The molecule has 0 fully saturated rings. The van der Waals surface area contributed by atoms with Gasteiger partial charge in [-0.2, -0.15) is 5.10 Å². The molecule has 0 unspecified atom stereocenters. The van der Waals surface area contributed by atoms with Crippen molar-refractivity contribution in [2.75, 3.05) is 16.7 Å². The van der Waals surface area contributed by atoms with Gasteiger partial charge < -0.3 is 9.84 Å². The van der Waals surface area contributed by atoms with E-state index in [-0.39, 0.29) is 10.6 Å². The van der Waals surface area contributed by atoms with Crippen molar-refractivity contribution >= 4 is 38.3 Å². The first-order chi connectivity index (χ1) is 17.3. The summed E-state index contributed by atoms with van der Waals surface area (Å²) in [6.45, 7) is 2.09. The molecule has 2 heterocycles. The monoisotopic (exact) mass is 501 g/mol. The van der Waals surface area contributed by atoms with Gasteiger partial charge in [-0.15, -0.1) is 0 Å². The maximum Gasteiger partial charge on any atom is 0.278 e. The average Bonchev–Trinajstić information content (AvgIpc) is 3.47. The van der Waals surface area contributed by atoms with E-state index >= 15 is 0 Å². The molecule has 0 saturated heterocycles. The van der Waals surface area contributed by atoms with Gasteiger partial charge in [-0.25, -0.2) is 8.42 Å². The van der Waals surface area contributed by atoms with Gasteiger partial charge in [0, 0.05) is 18.5 Å². The Morgan fingerprint density at radius 2 is 1.69 bits per heavy atom. The number of hydrogen-bond donors (Lipinski definition) is 1. The Morgan fingerprint density at radius 3 is 2.39 bits per heavy atom. The van der Waals surface area contributed by atoms with E-state index in [2.05, 4.69) is 15.6 Å². The Hall–Kier alpha value is -4.44. The molecule has 2 aromatic heterocycles. The van der Waals surface area contributed by atoms with Crippen LogP contribution < -0.4 is 9.62 Å². The van der Waals surface area contributed by atoms with Crippen LogP contribution in [-0.4, -0.2) is 36.3 Å². The molecule has 182 valence electrons. The molecule has 0 radical (unpaired) electrons. The smallest absolute Gasteiger partial charge is 0.278 e. The summed E-state index contributed by atoms with van der Waals surface area (Å²) < 4.78 is 34.1. The third kappa shape index (κ3) is 4.46. The summed E-state index contributed by atoms with van der Waals surface area (Å²) in [5.74, 6) is 0.498. The van der Waals surface area contributed by atoms with Crippen molar-refractivity contribution in [1.82, 2.24) is 14.9 Å². The van der Waals surface area contributed by atoms with Crippen LogP contribution in [-0.2, 0) is 16.6 Å². The Kier molecular flexibility index (Phi) is 6.03. The number of amides is 1. The normalized spacial score (nSPS) is 11.5. The van der Waals surface area contributed by atoms with Crippen LogP contribution in [0, 0.1) is 6.92 Å². The van der Waals surface area contributed by atoms with E-state index in [4.69, 9.17) is 4.52 Å². The highest BCUT2D eigenvalue weighted by Crippen LogP contribution is 2.24. The number of aromatic nitrogens is 3. The molecule has 0 aliphatic rings. The van der Waals surface area contributed by atoms with Gasteiger partial charge in [0.05, 0.1) is 22.6 Å². The largest absolute Gasteiger partial charge is 0.360 e. The molecule has 0 bridgehead atoms. The summed E-state index contributed by atoms with van der Waals surface area (Å²) in [7, 11) is -2.18. The van der Waals surface area contributed by atoms with Gasteiger partial charge in [-0.3, -0.25) is 13.8 Å². The van der Waals surface area contributed by atoms with E-state index in [1.165, 1.54) is 11.4 Å². The van der Waals surface area contributed by atoms with Crippen LogP contribution in [0.25, 0.3) is 10.9 Å². The maximum absolute atomic E-state index is 13.1. The Labute approximate surface area is 208 Å². The van der Waals surface area contributed by atoms with Crippen molar-refractivity contribution in [3.8, 4) is 0 Å². The van der Waals surface area contributed by atoms with Crippen molar-refractivity contribution in [2.24, 2.45) is 0 Å². The molecule has 36 heavy (non-hydrogen) atoms. The van der Waals surface area contributed by atoms with Gasteiger partial charge in [0.25, 0.3) is 15.9 Å². The summed E-state index contributed by atoms with van der Waals surface area (Å²) in [5, 5.41) is 11.7. The fourth-order valence-corrected chi connectivity index (χ4v) is 5.09. The van der Waals surface area contributed by atoms with E-state index in [9.17, 15) is 13.2 Å². The van der Waals surface area contributed by atoms with Crippen molar-refractivity contribution < 1.29 is 17.7 Å². The minimum absolute atomic E-state index is 0.186. The van der Waals surface area contributed by atoms with Crippen LogP contribution in [0.2, 0.25) is 0 Å². The number of nitrogens with zero attached hydrogens (tertiary/aromatic N) is 4. The first kappa shape index (κ1) is 23.3. The number of sulfonamides is 1. The highest BCUT2D eigenvalue weighted by Gasteiger charge is 2.22. The number of carbonyl (C=O) groups excluding carboxylic acids is 1. The number of para-hydroxylation sites is 2. The number of carbonyl (C=O) groups is 1. The van der Waals surface area contributed by atoms with Gasteiger partial charge in [0.15, 0.2) is 11.5 Å². The molecular weight excluding hydrogens is 478 g/mol. The lowest BCUT2D eigenvalue weighted by atomic mass is 10.2. The first-order valence-electron chi connectivity index (χ1n) is 11.2. The SMILES string of the molecule is Cc1cc(NC(=O)c2nn(Cc3ccc(S(=O)(=O)N(C)c4ccccc4)cc3)c3ccccc23)no1. The summed E-state index contributed by atoms with van der Waals surface area (Å²) in [6, 6.07) is 24.6. The summed E-state index contributed by atoms with van der Waals surface area (Å²) in [4.78, 5) is 13.1. The molecule has 1 N–H and O–H groups in total. The van der Waals surface area contributed by atoms with Gasteiger partial charge in [-0.05, 0) is 42.8 Å². The number of aryl methyl sites for hydroxylation is 1. The number of nitrogens with one attached hydrogen (secondary N) is 1. The molecule has 0 saturated carbocycles. The van der Waals surface area contributed by atoms with Crippen molar-refractivity contribution in [2.45, 2.75) is 18.4 Å². The van der Waals surface area contributed by atoms with Crippen molar-refractivity contribution in [3.63, 3.8) is 0 Å². The predicted molar refractivity (Wildman–Crippen MR) is 137 cm³/mol. The van der Waals surface area contributed by atoms with Crippen LogP contribution >= 0.6 is 0 Å². The Bertz CT molecular complexity index is 1640. The Balaban J connectivity index is 1.40. The second-order valence-electron chi connectivity index (χ2n) is 8.25. The highest BCUT2D eigenvalue weighted by molar-refractivity contribution is 7.92. The summed E-state index contributed by atoms with van der Waals surface area (Å²) in [6.07, 6.45) is 0. The number of fused-ring (bicyclic) bond motifs is 1. The zero-order valence-electron chi connectivity index (χ0n) is 19.6. The number of anilines is 2. The van der Waals surface area contributed by atoms with E-state index in [0.717, 1.165) is 11.1 Å². The van der Waals surface area contributed by atoms with Crippen LogP contribution in [0.3, 0.4) is 0 Å². The van der Waals surface area contributed by atoms with Crippen LogP contribution in [0.15, 0.2) is 94.3 Å². The van der Waals surface area contributed by atoms with Crippen LogP contribution in [0.1, 0.15) is 21.8 Å². The molecule has 0 atom stereocenters. The number of rotatable bonds is 7. The predicted octanol–water partition coefficient (Wildman–Crippen LogP) is 4.46. The molecule has 0 spiro atoms. The highest BCUT2D eigenvalue weighted by atomic mass is 32.2. The zero-order chi connectivity index (χ0) is 25.3. The quantitative estimate of drug-likeness (QED) is 0.353. The standard InChI is InChI=1S/C26H23N5O4S/c1-18-16-24(29-35-18)27-26(32)25-22-10-6-7-11-23(22)31(28-25)17-19-12-14-21(15-13-19)36(33,34)30(2)20-8-4-3-5-9-20/h3-16H,17H2,1-2H3,(H,27,29,32). The fraction of sp³-hybridized carbons (Fsp3) is 0.115. The lowest BCUT2D eigenvalue weighted by Crippen LogP contribution is -2.26. The molecule has 9 nitrogen and oxygen atoms in total. The second-order valence-corrected chi connectivity index (χ2v) is 10.2. The third-order valence-electron chi connectivity index (χ3n) is 5.78. The van der Waals surface area contributed by atoms with Gasteiger partial charge in [0.1, 0.15) is 5.76 Å². The molecule has 3 aromatic carbocycles. The molecule has 0 aliphatic carbocycles. The lowest BCUT2D eigenvalue weighted by molar-refractivity contribution is 0.102. The van der Waals surface area contributed by atoms with Crippen molar-refractivity contribution in [3.05, 3.63) is 102 Å². The first-order valence-corrected chi connectivity index (χ1v) is 12.6. The third-order valence-corrected chi connectivity index (χ3v) is 7.58. The van der Waals surface area contributed by atoms with E-state index in [1.54, 1.807) is 66.2 Å². The molecule has 1 amide bonds. The molecule has 5 rings (SSSR count). The van der Waals surface area contributed by atoms with Crippen LogP contribution in [0.4, 0.5) is 11.5 Å². The molecular formula is C26H23N5O4S. The number of hydrogen-bond acceptors (Lipinski definition) is 6. The minimum atomic E-state index is -3.71. The average molecular weight is 502 g/mol. The van der Waals surface area contributed by atoms with Gasteiger partial charge >= 0.3 is 0 Å². The van der Waals surface area contributed by atoms with Crippen molar-refractivity contribution in [1.29, 1.82) is 0 Å². The van der Waals surface area contributed by atoms with Crippen LogP contribution in [0.5, 0.6) is 0 Å². The molecule has 10 heteroatoms. The maximum atomic E-state index is 13.1. The van der Waals surface area contributed by atoms with E-state index in [0.29, 0.717) is 29.2 Å². The minimum Gasteiger partial charge on any atom is -0.360 e. The summed E-state index contributed by atoms with van der Waals surface area (Å²) >= 11 is 0. The van der Waals surface area contributed by atoms with Gasteiger partial charge in [-0.1, -0.05) is 53.7 Å². The zero-order valence-corrected chi connectivity index (χ0v) is 20.4. The number of benzene rings is 3. The lowest BCUT2D eigenvalue weighted by Gasteiger charge is -2.19. The van der Waals surface area contributed by atoms with E-state index in [1.807, 2.05) is 30.3 Å². The fourth-order valence-electron chi connectivity index (χ4n) is 3.89.